The highest BCUT2D eigenvalue weighted by atomic mass is 35.5. The summed E-state index contributed by atoms with van der Waals surface area (Å²) in [5.74, 6) is 1.73. The summed E-state index contributed by atoms with van der Waals surface area (Å²) in [6, 6.07) is 8.02. The van der Waals surface area contributed by atoms with Crippen LogP contribution in [-0.4, -0.2) is 90.7 Å². The molecule has 2 aliphatic heterocycles. The molecule has 2 aromatic carbocycles. The van der Waals surface area contributed by atoms with Gasteiger partial charge in [-0.2, -0.15) is 0 Å². The van der Waals surface area contributed by atoms with Gasteiger partial charge in [-0.05, 0) is 64.0 Å². The van der Waals surface area contributed by atoms with Crippen LogP contribution in [0.1, 0.15) is 25.7 Å². The first kappa shape index (κ1) is 35.0. The van der Waals surface area contributed by atoms with Crippen molar-refractivity contribution in [2.75, 3.05) is 66.0 Å². The fourth-order valence-corrected chi connectivity index (χ4v) is 4.34. The fourth-order valence-electron chi connectivity index (χ4n) is 4.10. The van der Waals surface area contributed by atoms with Gasteiger partial charge in [-0.25, -0.2) is 0 Å². The van der Waals surface area contributed by atoms with Crippen molar-refractivity contribution in [3.8, 4) is 23.0 Å². The maximum Gasteiger partial charge on any atom is 0.273 e. The molecule has 0 radical (unpaired) electrons. The molecule has 0 spiro atoms. The Bertz CT molecular complexity index is 1050. The van der Waals surface area contributed by atoms with E-state index in [1.807, 2.05) is 0 Å². The molecule has 0 aromatic heterocycles. The molecule has 2 saturated heterocycles. The summed E-state index contributed by atoms with van der Waals surface area (Å²) in [6.45, 7) is 7.19. The molecule has 12 nitrogen and oxygen atoms in total. The Morgan fingerprint density at radius 2 is 1.27 bits per heavy atom. The summed E-state index contributed by atoms with van der Waals surface area (Å²) in [6.07, 6.45) is 5.22. The number of aromatic hydroxyl groups is 1. The molecule has 0 amide bonds. The Hall–Kier alpha value is -3.06. The first-order chi connectivity index (χ1) is 18.8. The number of benzene rings is 2. The monoisotopic (exact) mass is 604 g/mol. The van der Waals surface area contributed by atoms with E-state index in [4.69, 9.17) is 30.9 Å². The lowest BCUT2D eigenvalue weighted by molar-refractivity contribution is -0.385. The molecule has 1 N–H and O–H groups in total. The number of alkyl halides is 1. The molecular formula is C26H38Cl2N4O8. The number of phenolic OH excluding ortho intramolecular Hbond substituents is 1. The van der Waals surface area contributed by atoms with Gasteiger partial charge in [0.1, 0.15) is 6.61 Å². The van der Waals surface area contributed by atoms with E-state index in [2.05, 4.69) is 9.80 Å². The number of halogens is 2. The molecule has 0 saturated carbocycles. The van der Waals surface area contributed by atoms with Crippen molar-refractivity contribution in [3.05, 3.63) is 56.6 Å². The van der Waals surface area contributed by atoms with E-state index in [9.17, 15) is 20.2 Å². The third kappa shape index (κ3) is 12.0. The molecule has 0 bridgehead atoms. The summed E-state index contributed by atoms with van der Waals surface area (Å²) in [7, 11) is 2.90. The number of non-ortho nitro benzene ring substituents is 2. The molecular weight excluding hydrogens is 567 g/mol. The number of hydrogen-bond acceptors (Lipinski definition) is 10. The molecule has 224 valence electrons. The second-order valence-electron chi connectivity index (χ2n) is 8.84. The Balaban J connectivity index is 0.000000326. The number of nitro benzene ring substituents is 2. The molecule has 2 aliphatic rings. The molecule has 0 unspecified atom stereocenters. The summed E-state index contributed by atoms with van der Waals surface area (Å²) >= 11 is 5.54. The zero-order valence-electron chi connectivity index (χ0n) is 22.8. The predicted octanol–water partition coefficient (Wildman–Crippen LogP) is 5.13. The maximum atomic E-state index is 10.7. The minimum atomic E-state index is -0.584. The number of nitrogens with zero attached hydrogens (tertiary/aromatic N) is 4. The predicted molar refractivity (Wildman–Crippen MR) is 156 cm³/mol. The summed E-state index contributed by atoms with van der Waals surface area (Å²) in [5, 5.41) is 30.1. The van der Waals surface area contributed by atoms with E-state index in [0.717, 1.165) is 38.1 Å². The van der Waals surface area contributed by atoms with Crippen LogP contribution in [0.4, 0.5) is 11.4 Å². The first-order valence-electron chi connectivity index (χ1n) is 12.8. The van der Waals surface area contributed by atoms with Crippen LogP contribution in [-0.2, 0) is 0 Å². The highest BCUT2D eigenvalue weighted by Crippen LogP contribution is 2.31. The third-order valence-electron chi connectivity index (χ3n) is 6.19. The fraction of sp³-hybridized carbons (Fsp3) is 0.538. The Labute approximate surface area is 245 Å². The lowest BCUT2D eigenvalue weighted by Gasteiger charge is -2.16. The van der Waals surface area contributed by atoms with Crippen LogP contribution in [0.25, 0.3) is 0 Å². The van der Waals surface area contributed by atoms with Gasteiger partial charge in [0, 0.05) is 31.1 Å². The Morgan fingerprint density at radius 3 is 1.73 bits per heavy atom. The van der Waals surface area contributed by atoms with Crippen molar-refractivity contribution in [3.63, 3.8) is 0 Å². The minimum absolute atomic E-state index is 0. The Kier molecular flexibility index (Phi) is 16.7. The summed E-state index contributed by atoms with van der Waals surface area (Å²) in [5.41, 5.74) is -0.148. The van der Waals surface area contributed by atoms with Crippen molar-refractivity contribution in [1.82, 2.24) is 9.80 Å². The highest BCUT2D eigenvalue weighted by Gasteiger charge is 2.15. The lowest BCUT2D eigenvalue weighted by Crippen LogP contribution is -2.25. The first-order valence-corrected chi connectivity index (χ1v) is 13.3. The summed E-state index contributed by atoms with van der Waals surface area (Å²) in [4.78, 5) is 24.7. The molecule has 0 atom stereocenters. The van der Waals surface area contributed by atoms with Crippen LogP contribution in [0.15, 0.2) is 36.4 Å². The quantitative estimate of drug-likeness (QED) is 0.220. The lowest BCUT2D eigenvalue weighted by atomic mass is 10.3. The zero-order valence-corrected chi connectivity index (χ0v) is 24.4. The van der Waals surface area contributed by atoms with E-state index in [0.29, 0.717) is 18.1 Å². The van der Waals surface area contributed by atoms with E-state index in [-0.39, 0.29) is 35.3 Å². The molecule has 4 rings (SSSR count). The van der Waals surface area contributed by atoms with Gasteiger partial charge in [-0.3, -0.25) is 25.1 Å². The van der Waals surface area contributed by atoms with Gasteiger partial charge in [0.15, 0.2) is 23.0 Å². The number of likely N-dealkylation sites (tertiary alicyclic amines) is 2. The SMILES string of the molecule is COc1ccc([N+](=O)[O-])cc1O.COc1ccc([N+](=O)[O-])cc1OCCN1CCCC1.Cl.ClCCN1CCCC1. The van der Waals surface area contributed by atoms with Crippen molar-refractivity contribution in [2.45, 2.75) is 25.7 Å². The van der Waals surface area contributed by atoms with Crippen LogP contribution in [0.2, 0.25) is 0 Å². The van der Waals surface area contributed by atoms with Crippen LogP contribution in [0.5, 0.6) is 23.0 Å². The van der Waals surface area contributed by atoms with Gasteiger partial charge >= 0.3 is 0 Å². The van der Waals surface area contributed by atoms with Gasteiger partial charge in [0.25, 0.3) is 11.4 Å². The second-order valence-corrected chi connectivity index (χ2v) is 9.22. The van der Waals surface area contributed by atoms with E-state index < -0.39 is 9.85 Å². The van der Waals surface area contributed by atoms with Crippen molar-refractivity contribution in [2.24, 2.45) is 0 Å². The Morgan fingerprint density at radius 1 is 0.800 bits per heavy atom. The second kappa shape index (κ2) is 19.1. The van der Waals surface area contributed by atoms with Crippen LogP contribution in [0.3, 0.4) is 0 Å². The summed E-state index contributed by atoms with van der Waals surface area (Å²) < 4.78 is 15.5. The molecule has 14 heteroatoms. The van der Waals surface area contributed by atoms with Crippen molar-refractivity contribution < 1.29 is 29.2 Å². The van der Waals surface area contributed by atoms with Gasteiger partial charge in [0.2, 0.25) is 0 Å². The number of methoxy groups -OCH3 is 2. The van der Waals surface area contributed by atoms with E-state index in [1.165, 1.54) is 77.3 Å². The molecule has 2 aromatic rings. The average molecular weight is 606 g/mol. The highest BCUT2D eigenvalue weighted by molar-refractivity contribution is 6.18. The van der Waals surface area contributed by atoms with Crippen molar-refractivity contribution >= 4 is 35.4 Å². The zero-order chi connectivity index (χ0) is 28.6. The van der Waals surface area contributed by atoms with Gasteiger partial charge < -0.3 is 24.2 Å². The average Bonchev–Trinajstić information content (AvgIpc) is 3.64. The smallest absolute Gasteiger partial charge is 0.273 e. The number of nitro groups is 2. The molecule has 2 heterocycles. The molecule has 40 heavy (non-hydrogen) atoms. The number of rotatable bonds is 10. The molecule has 2 fully saturated rings. The third-order valence-corrected chi connectivity index (χ3v) is 6.36. The maximum absolute atomic E-state index is 10.7. The normalized spacial score (nSPS) is 14.6. The van der Waals surface area contributed by atoms with Gasteiger partial charge in [-0.15, -0.1) is 24.0 Å². The van der Waals surface area contributed by atoms with E-state index in [1.54, 1.807) is 6.07 Å². The largest absolute Gasteiger partial charge is 0.504 e. The van der Waals surface area contributed by atoms with E-state index >= 15 is 0 Å². The van der Waals surface area contributed by atoms with Crippen LogP contribution < -0.4 is 14.2 Å². The van der Waals surface area contributed by atoms with Crippen LogP contribution >= 0.6 is 24.0 Å². The minimum Gasteiger partial charge on any atom is -0.504 e. The van der Waals surface area contributed by atoms with Crippen molar-refractivity contribution in [1.29, 1.82) is 0 Å². The standard InChI is InChI=1S/C13H18N2O4.C7H7NO4.C6H12ClN.ClH/c1-18-12-5-4-11(15(16)17)10-13(12)19-9-8-14-6-2-3-7-14;1-12-7-3-2-5(8(10)11)4-6(7)9;7-3-6-8-4-1-2-5-8;/h4-5,10H,2-3,6-9H2,1H3;2-4,9H,1H3;1-6H2;1H. The van der Waals surface area contributed by atoms with Crippen LogP contribution in [0, 0.1) is 20.2 Å². The van der Waals surface area contributed by atoms with Gasteiger partial charge in [0.05, 0.1) is 36.2 Å². The van der Waals surface area contributed by atoms with Gasteiger partial charge in [-0.1, -0.05) is 0 Å². The topological polar surface area (TPSA) is 141 Å². The number of hydrogen-bond donors (Lipinski definition) is 1. The number of phenols is 1. The number of ether oxygens (including phenoxy) is 3. The molecule has 0 aliphatic carbocycles.